The first-order chi connectivity index (χ1) is 17.4. The van der Waals surface area contributed by atoms with Gasteiger partial charge in [-0.25, -0.2) is 0 Å². The highest BCUT2D eigenvalue weighted by atomic mass is 35.5. The molecule has 0 bridgehead atoms. The van der Waals surface area contributed by atoms with Crippen molar-refractivity contribution in [1.82, 2.24) is 16.0 Å². The Hall–Kier alpha value is -2.69. The van der Waals surface area contributed by atoms with Crippen molar-refractivity contribution in [3.63, 3.8) is 0 Å². The van der Waals surface area contributed by atoms with Gasteiger partial charge in [0.15, 0.2) is 6.61 Å². The highest BCUT2D eigenvalue weighted by Crippen LogP contribution is 2.22. The molecular formula is C26H37ClN4O5. The van der Waals surface area contributed by atoms with Crippen LogP contribution in [-0.4, -0.2) is 62.1 Å². The molecule has 0 spiro atoms. The van der Waals surface area contributed by atoms with Gasteiger partial charge in [0.1, 0.15) is 5.75 Å². The summed E-state index contributed by atoms with van der Waals surface area (Å²) >= 11 is 6.11. The first-order valence-electron chi connectivity index (χ1n) is 12.1. The van der Waals surface area contributed by atoms with Crippen LogP contribution in [0, 0.1) is 0 Å². The van der Waals surface area contributed by atoms with Gasteiger partial charge in [0, 0.05) is 36.3 Å². The van der Waals surface area contributed by atoms with Gasteiger partial charge in [-0.2, -0.15) is 0 Å². The Morgan fingerprint density at radius 2 is 1.94 bits per heavy atom. The van der Waals surface area contributed by atoms with Crippen LogP contribution in [-0.2, 0) is 27.3 Å². The molecule has 0 saturated carbocycles. The van der Waals surface area contributed by atoms with E-state index in [1.165, 1.54) is 0 Å². The third kappa shape index (κ3) is 11.8. The van der Waals surface area contributed by atoms with Gasteiger partial charge >= 0.3 is 0 Å². The number of benzene rings is 2. The van der Waals surface area contributed by atoms with Crippen molar-refractivity contribution in [3.8, 4) is 5.75 Å². The lowest BCUT2D eigenvalue weighted by molar-refractivity contribution is -0.124. The predicted octanol–water partition coefficient (Wildman–Crippen LogP) is 1.75. The van der Waals surface area contributed by atoms with Gasteiger partial charge in [-0.1, -0.05) is 41.9 Å². The van der Waals surface area contributed by atoms with E-state index in [2.05, 4.69) is 16.0 Å². The molecule has 2 aromatic carbocycles. The van der Waals surface area contributed by atoms with E-state index in [1.807, 2.05) is 37.3 Å². The summed E-state index contributed by atoms with van der Waals surface area (Å²) < 4.78 is 11.2. The quantitative estimate of drug-likeness (QED) is 0.158. The Morgan fingerprint density at radius 1 is 1.17 bits per heavy atom. The molecule has 9 nitrogen and oxygen atoms in total. The van der Waals surface area contributed by atoms with Crippen LogP contribution >= 0.6 is 11.6 Å². The molecule has 0 aliphatic carbocycles. The van der Waals surface area contributed by atoms with Gasteiger partial charge in [-0.05, 0) is 49.9 Å². The number of rotatable bonds is 17. The Morgan fingerprint density at radius 3 is 2.69 bits per heavy atom. The molecule has 2 atom stereocenters. The maximum Gasteiger partial charge on any atom is 0.257 e. The number of nitrogens with one attached hydrogen (secondary N) is 3. The number of ether oxygens (including phenoxy) is 2. The van der Waals surface area contributed by atoms with Crippen molar-refractivity contribution in [2.45, 2.75) is 44.8 Å². The van der Waals surface area contributed by atoms with Crippen LogP contribution in [0.25, 0.3) is 0 Å². The lowest BCUT2D eigenvalue weighted by Crippen LogP contribution is -2.46. The van der Waals surface area contributed by atoms with Crippen LogP contribution in [0.4, 0.5) is 0 Å². The number of aliphatic hydroxyl groups excluding tert-OH is 1. The van der Waals surface area contributed by atoms with E-state index >= 15 is 0 Å². The second kappa shape index (κ2) is 16.9. The van der Waals surface area contributed by atoms with Crippen LogP contribution in [0.5, 0.6) is 5.75 Å². The fourth-order valence-electron chi connectivity index (χ4n) is 3.31. The summed E-state index contributed by atoms with van der Waals surface area (Å²) in [6, 6.07) is 14.3. The molecule has 0 aromatic heterocycles. The van der Waals surface area contributed by atoms with Crippen LogP contribution < -0.4 is 26.4 Å². The number of hydrogen-bond acceptors (Lipinski definition) is 7. The average molecular weight is 521 g/mol. The zero-order valence-corrected chi connectivity index (χ0v) is 21.4. The Labute approximate surface area is 217 Å². The van der Waals surface area contributed by atoms with Crippen molar-refractivity contribution < 1.29 is 24.2 Å². The zero-order valence-electron chi connectivity index (χ0n) is 20.7. The molecule has 0 aliphatic rings. The highest BCUT2D eigenvalue weighted by Gasteiger charge is 2.16. The minimum atomic E-state index is -0.580. The van der Waals surface area contributed by atoms with Crippen LogP contribution in [0.2, 0.25) is 5.02 Å². The van der Waals surface area contributed by atoms with Gasteiger partial charge in [0.2, 0.25) is 5.91 Å². The number of halogens is 1. The van der Waals surface area contributed by atoms with Crippen LogP contribution in [0.1, 0.15) is 30.9 Å². The van der Waals surface area contributed by atoms with Crippen molar-refractivity contribution in [2.24, 2.45) is 5.73 Å². The minimum Gasteiger partial charge on any atom is -0.483 e. The molecule has 0 heterocycles. The normalized spacial score (nSPS) is 12.6. The summed E-state index contributed by atoms with van der Waals surface area (Å²) in [6.45, 7) is 3.10. The van der Waals surface area contributed by atoms with Crippen molar-refractivity contribution >= 4 is 23.4 Å². The summed E-state index contributed by atoms with van der Waals surface area (Å²) in [5.74, 6) is 0.0712. The monoisotopic (exact) mass is 520 g/mol. The second-order valence-electron chi connectivity index (χ2n) is 8.45. The maximum atomic E-state index is 12.3. The van der Waals surface area contributed by atoms with E-state index in [1.54, 1.807) is 18.2 Å². The fourth-order valence-corrected chi connectivity index (χ4v) is 3.51. The standard InChI is InChI=1S/C26H37ClN4O5/c1-19(31-26(34)23(28)10-8-20-6-3-2-4-7-20)16-35-18-29-15-21-14-22(27)9-11-24(21)36-17-25(33)30-12-5-13-32/h2-4,6-7,9,11,14,19,23,29,32H,5,8,10,12-13,15-18,28H2,1H3,(H,30,33)(H,31,34)/t19-,23+/m0/s1. The first-order valence-corrected chi connectivity index (χ1v) is 12.4. The maximum absolute atomic E-state index is 12.3. The molecule has 0 radical (unpaired) electrons. The van der Waals surface area contributed by atoms with Crippen molar-refractivity contribution in [2.75, 3.05) is 33.1 Å². The topological polar surface area (TPSA) is 135 Å². The predicted molar refractivity (Wildman–Crippen MR) is 140 cm³/mol. The van der Waals surface area contributed by atoms with E-state index in [-0.39, 0.29) is 37.8 Å². The lowest BCUT2D eigenvalue weighted by Gasteiger charge is -2.18. The van der Waals surface area contributed by atoms with Crippen LogP contribution in [0.3, 0.4) is 0 Å². The van der Waals surface area contributed by atoms with Gasteiger partial charge < -0.3 is 30.9 Å². The van der Waals surface area contributed by atoms with Crippen molar-refractivity contribution in [1.29, 1.82) is 0 Å². The Balaban J connectivity index is 1.66. The third-order valence-corrected chi connectivity index (χ3v) is 5.47. The Kier molecular flexibility index (Phi) is 13.9. The number of aliphatic hydroxyl groups is 1. The molecule has 36 heavy (non-hydrogen) atoms. The molecule has 0 fully saturated rings. The molecule has 2 aromatic rings. The zero-order chi connectivity index (χ0) is 26.2. The SMILES string of the molecule is C[C@@H](COCNCc1cc(Cl)ccc1OCC(=O)NCCCO)NC(=O)[C@H](N)CCc1ccccc1. The summed E-state index contributed by atoms with van der Waals surface area (Å²) in [5.41, 5.74) is 7.96. The number of aryl methyl sites for hydroxylation is 1. The van der Waals surface area contributed by atoms with E-state index in [0.29, 0.717) is 43.3 Å². The van der Waals surface area contributed by atoms with E-state index < -0.39 is 6.04 Å². The fraction of sp³-hybridized carbons (Fsp3) is 0.462. The molecule has 0 saturated heterocycles. The molecule has 0 unspecified atom stereocenters. The van der Waals surface area contributed by atoms with Crippen LogP contribution in [0.15, 0.2) is 48.5 Å². The summed E-state index contributed by atoms with van der Waals surface area (Å²) in [5, 5.41) is 18.0. The molecule has 198 valence electrons. The molecule has 6 N–H and O–H groups in total. The van der Waals surface area contributed by atoms with Gasteiger partial charge in [0.05, 0.1) is 19.4 Å². The first kappa shape index (κ1) is 29.5. The van der Waals surface area contributed by atoms with E-state index in [4.69, 9.17) is 31.9 Å². The number of hydrogen-bond donors (Lipinski definition) is 5. The highest BCUT2D eigenvalue weighted by molar-refractivity contribution is 6.30. The van der Waals surface area contributed by atoms with Gasteiger partial charge in [-0.3, -0.25) is 14.9 Å². The summed E-state index contributed by atoms with van der Waals surface area (Å²) in [7, 11) is 0. The Bertz CT molecular complexity index is 932. The van der Waals surface area contributed by atoms with Gasteiger partial charge in [-0.15, -0.1) is 0 Å². The second-order valence-corrected chi connectivity index (χ2v) is 8.89. The number of nitrogens with two attached hydrogens (primary N) is 1. The smallest absolute Gasteiger partial charge is 0.257 e. The number of carbonyl (C=O) groups excluding carboxylic acids is 2. The molecule has 2 amide bonds. The van der Waals surface area contributed by atoms with Gasteiger partial charge in [0.25, 0.3) is 5.91 Å². The number of carbonyl (C=O) groups is 2. The summed E-state index contributed by atoms with van der Waals surface area (Å²) in [4.78, 5) is 24.2. The lowest BCUT2D eigenvalue weighted by atomic mass is 10.1. The number of amides is 2. The van der Waals surface area contributed by atoms with Crippen molar-refractivity contribution in [3.05, 3.63) is 64.7 Å². The molecule has 0 aliphatic heterocycles. The summed E-state index contributed by atoms with van der Waals surface area (Å²) in [6.07, 6.45) is 1.80. The molecule has 2 rings (SSSR count). The van der Waals surface area contributed by atoms with E-state index in [0.717, 1.165) is 17.5 Å². The molecular weight excluding hydrogens is 484 g/mol. The third-order valence-electron chi connectivity index (χ3n) is 5.24. The minimum absolute atomic E-state index is 0.0175. The molecule has 10 heteroatoms. The van der Waals surface area contributed by atoms with E-state index in [9.17, 15) is 9.59 Å². The largest absolute Gasteiger partial charge is 0.483 e. The average Bonchev–Trinajstić information content (AvgIpc) is 2.87.